The maximum absolute atomic E-state index is 12.8. The van der Waals surface area contributed by atoms with Gasteiger partial charge in [-0.25, -0.2) is 17.9 Å². The smallest absolute Gasteiger partial charge is 0.416 e. The van der Waals surface area contributed by atoms with E-state index in [4.69, 9.17) is 5.11 Å². The van der Waals surface area contributed by atoms with Crippen LogP contribution in [0.15, 0.2) is 47.4 Å². The molecule has 3 N–H and O–H groups in total. The van der Waals surface area contributed by atoms with E-state index in [-0.39, 0.29) is 18.5 Å². The molecule has 1 aliphatic heterocycles. The molecule has 27 heavy (non-hydrogen) atoms. The summed E-state index contributed by atoms with van der Waals surface area (Å²) in [5.74, 6) is -1.11. The van der Waals surface area contributed by atoms with Crippen LogP contribution in [0.3, 0.4) is 0 Å². The van der Waals surface area contributed by atoms with Crippen LogP contribution in [0.2, 0.25) is 0 Å². The van der Waals surface area contributed by atoms with Gasteiger partial charge in [-0.15, -0.1) is 0 Å². The zero-order valence-electron chi connectivity index (χ0n) is 13.7. The number of hydrogen-bond donors (Lipinski definition) is 3. The second kappa shape index (κ2) is 6.86. The van der Waals surface area contributed by atoms with Crippen molar-refractivity contribution in [2.75, 3.05) is 11.9 Å². The minimum Gasteiger partial charge on any atom is -0.478 e. The van der Waals surface area contributed by atoms with Crippen LogP contribution in [0.25, 0.3) is 0 Å². The number of carbonyl (C=O) groups is 1. The molecule has 2 aromatic rings. The summed E-state index contributed by atoms with van der Waals surface area (Å²) in [4.78, 5) is 10.6. The summed E-state index contributed by atoms with van der Waals surface area (Å²) in [6.45, 7) is 0.220. The van der Waals surface area contributed by atoms with Crippen LogP contribution in [-0.2, 0) is 22.6 Å². The second-order valence-corrected chi connectivity index (χ2v) is 7.82. The van der Waals surface area contributed by atoms with Gasteiger partial charge in [-0.2, -0.15) is 13.2 Å². The number of sulfonamides is 1. The predicted octanol–water partition coefficient (Wildman–Crippen LogP) is 2.72. The van der Waals surface area contributed by atoms with Crippen molar-refractivity contribution < 1.29 is 31.5 Å². The molecule has 0 spiro atoms. The van der Waals surface area contributed by atoms with Gasteiger partial charge in [0.1, 0.15) is 0 Å². The van der Waals surface area contributed by atoms with E-state index in [0.717, 1.165) is 18.2 Å². The number of fused-ring (bicyclic) bond motifs is 1. The predicted molar refractivity (Wildman–Crippen MR) is 91.1 cm³/mol. The van der Waals surface area contributed by atoms with Gasteiger partial charge in [-0.05, 0) is 48.4 Å². The first-order valence-corrected chi connectivity index (χ1v) is 9.34. The fourth-order valence-corrected chi connectivity index (χ4v) is 4.13. The van der Waals surface area contributed by atoms with Crippen molar-refractivity contribution in [3.05, 3.63) is 59.2 Å². The van der Waals surface area contributed by atoms with Crippen molar-refractivity contribution >= 4 is 21.7 Å². The van der Waals surface area contributed by atoms with Crippen LogP contribution in [0.1, 0.15) is 21.5 Å². The Morgan fingerprint density at radius 1 is 1.19 bits per heavy atom. The Hall–Kier alpha value is -2.59. The number of benzene rings is 2. The molecule has 0 aromatic heterocycles. The van der Waals surface area contributed by atoms with E-state index in [9.17, 15) is 26.4 Å². The molecule has 144 valence electrons. The first-order valence-electron chi connectivity index (χ1n) is 7.86. The molecule has 10 heteroatoms. The Morgan fingerprint density at radius 2 is 1.93 bits per heavy atom. The van der Waals surface area contributed by atoms with Crippen LogP contribution in [0.4, 0.5) is 18.9 Å². The third-order valence-corrected chi connectivity index (χ3v) is 5.67. The lowest BCUT2D eigenvalue weighted by Crippen LogP contribution is -2.43. The summed E-state index contributed by atoms with van der Waals surface area (Å²) in [5, 5.41) is 12.0. The van der Waals surface area contributed by atoms with Gasteiger partial charge in [0.25, 0.3) is 0 Å². The van der Waals surface area contributed by atoms with E-state index < -0.39 is 38.7 Å². The minimum absolute atomic E-state index is 0.0666. The maximum atomic E-state index is 12.8. The van der Waals surface area contributed by atoms with E-state index >= 15 is 0 Å². The molecule has 2 aromatic carbocycles. The Kier molecular flexibility index (Phi) is 4.87. The molecular formula is C17H15F3N2O4S. The molecule has 0 saturated heterocycles. The Labute approximate surface area is 153 Å². The number of carboxylic acids is 1. The molecule has 1 unspecified atom stereocenters. The Bertz CT molecular complexity index is 990. The van der Waals surface area contributed by atoms with Crippen molar-refractivity contribution in [2.24, 2.45) is 0 Å². The normalized spacial score (nSPS) is 17.1. The van der Waals surface area contributed by atoms with Crippen LogP contribution >= 0.6 is 0 Å². The van der Waals surface area contributed by atoms with Gasteiger partial charge < -0.3 is 10.4 Å². The molecule has 6 nitrogen and oxygen atoms in total. The standard InChI is InChI=1S/C17H15F3N2O4S/c18-17(19,20)12-2-1-3-14(8-12)27(25,26)22-13-7-11-6-10(16(23)24)4-5-15(11)21-9-13/h1-6,8,13,21-22H,7,9H2,(H,23,24). The van der Waals surface area contributed by atoms with Gasteiger partial charge in [0.2, 0.25) is 10.0 Å². The number of carboxylic acid groups (broad SMARTS) is 1. The van der Waals surface area contributed by atoms with Gasteiger partial charge in [-0.3, -0.25) is 0 Å². The van der Waals surface area contributed by atoms with Crippen molar-refractivity contribution in [2.45, 2.75) is 23.5 Å². The maximum Gasteiger partial charge on any atom is 0.416 e. The third kappa shape index (κ3) is 4.22. The van der Waals surface area contributed by atoms with Crippen LogP contribution in [-0.4, -0.2) is 32.1 Å². The number of rotatable bonds is 4. The van der Waals surface area contributed by atoms with Crippen molar-refractivity contribution in [3.63, 3.8) is 0 Å². The second-order valence-electron chi connectivity index (χ2n) is 6.11. The quantitative estimate of drug-likeness (QED) is 0.734. The summed E-state index contributed by atoms with van der Waals surface area (Å²) >= 11 is 0. The van der Waals surface area contributed by atoms with Gasteiger partial charge >= 0.3 is 12.1 Å². The molecule has 1 heterocycles. The monoisotopic (exact) mass is 400 g/mol. The minimum atomic E-state index is -4.65. The summed E-state index contributed by atoms with van der Waals surface area (Å²) < 4.78 is 65.7. The molecule has 0 amide bonds. The zero-order valence-corrected chi connectivity index (χ0v) is 14.6. The highest BCUT2D eigenvalue weighted by atomic mass is 32.2. The van der Waals surface area contributed by atoms with Gasteiger partial charge in [0.15, 0.2) is 0 Å². The van der Waals surface area contributed by atoms with Gasteiger partial charge in [-0.1, -0.05) is 6.07 Å². The molecule has 3 rings (SSSR count). The highest BCUT2D eigenvalue weighted by Crippen LogP contribution is 2.30. The highest BCUT2D eigenvalue weighted by molar-refractivity contribution is 7.89. The Morgan fingerprint density at radius 3 is 2.59 bits per heavy atom. The fraction of sp³-hybridized carbons (Fsp3) is 0.235. The van der Waals surface area contributed by atoms with Gasteiger partial charge in [0, 0.05) is 18.3 Å². The lowest BCUT2D eigenvalue weighted by atomic mass is 9.98. The lowest BCUT2D eigenvalue weighted by molar-refractivity contribution is -0.137. The van der Waals surface area contributed by atoms with Crippen molar-refractivity contribution in [1.82, 2.24) is 4.72 Å². The summed E-state index contributed by atoms with van der Waals surface area (Å²) in [5.41, 5.74) is 0.313. The first kappa shape index (κ1) is 19.2. The van der Waals surface area contributed by atoms with E-state index in [1.165, 1.54) is 12.1 Å². The number of nitrogens with one attached hydrogen (secondary N) is 2. The van der Waals surface area contributed by atoms with Crippen molar-refractivity contribution in [1.29, 1.82) is 0 Å². The molecular weight excluding hydrogens is 385 g/mol. The molecule has 0 saturated carbocycles. The fourth-order valence-electron chi connectivity index (χ4n) is 2.85. The van der Waals surface area contributed by atoms with Crippen LogP contribution < -0.4 is 10.0 Å². The summed E-state index contributed by atoms with van der Waals surface area (Å²) in [7, 11) is -4.18. The average molecular weight is 400 g/mol. The first-order chi connectivity index (χ1) is 12.6. The highest BCUT2D eigenvalue weighted by Gasteiger charge is 2.32. The number of anilines is 1. The zero-order chi connectivity index (χ0) is 19.8. The summed E-state index contributed by atoms with van der Waals surface area (Å²) in [6, 6.07) is 7.32. The average Bonchev–Trinajstić information content (AvgIpc) is 2.60. The lowest BCUT2D eigenvalue weighted by Gasteiger charge is -2.27. The molecule has 1 atom stereocenters. The molecule has 0 radical (unpaired) electrons. The van der Waals surface area contributed by atoms with Crippen LogP contribution in [0, 0.1) is 0 Å². The van der Waals surface area contributed by atoms with E-state index in [1.54, 1.807) is 6.07 Å². The molecule has 0 fully saturated rings. The van der Waals surface area contributed by atoms with Gasteiger partial charge in [0.05, 0.1) is 16.0 Å². The van der Waals surface area contributed by atoms with E-state index in [0.29, 0.717) is 17.3 Å². The number of aromatic carboxylic acids is 1. The third-order valence-electron chi connectivity index (χ3n) is 4.15. The molecule has 1 aliphatic rings. The summed E-state index contributed by atoms with van der Waals surface area (Å²) in [6.07, 6.45) is -4.44. The van der Waals surface area contributed by atoms with Crippen molar-refractivity contribution in [3.8, 4) is 0 Å². The Balaban J connectivity index is 1.81. The number of alkyl halides is 3. The SMILES string of the molecule is O=C(O)c1ccc2c(c1)CC(NS(=O)(=O)c1cccc(C(F)(F)F)c1)CN2. The molecule has 0 aliphatic carbocycles. The topological polar surface area (TPSA) is 95.5 Å². The van der Waals surface area contributed by atoms with E-state index in [2.05, 4.69) is 10.0 Å². The largest absolute Gasteiger partial charge is 0.478 e. The molecule has 0 bridgehead atoms. The number of halogens is 3. The van der Waals surface area contributed by atoms with E-state index in [1.807, 2.05) is 0 Å². The van der Waals surface area contributed by atoms with Crippen LogP contribution in [0.5, 0.6) is 0 Å². The number of hydrogen-bond acceptors (Lipinski definition) is 4.